The van der Waals surface area contributed by atoms with Gasteiger partial charge in [0.25, 0.3) is 0 Å². The molecular formula is C44H28O. The van der Waals surface area contributed by atoms with E-state index in [-0.39, 0.29) is 56.8 Å². The predicted octanol–water partition coefficient (Wildman–Crippen LogP) is 12.6. The summed E-state index contributed by atoms with van der Waals surface area (Å²) in [6.45, 7) is 0. The Kier molecular flexibility index (Phi) is 4.01. The Morgan fingerprint density at radius 1 is 0.356 bits per heavy atom. The molecule has 1 aromatic heterocycles. The van der Waals surface area contributed by atoms with Crippen molar-refractivity contribution in [2.45, 2.75) is 0 Å². The Bertz CT molecular complexity index is 3020. The molecule has 1 heterocycles. The van der Waals surface area contributed by atoms with E-state index >= 15 is 0 Å². The lowest BCUT2D eigenvalue weighted by atomic mass is 9.82. The average molecular weight is 583 g/mol. The van der Waals surface area contributed by atoms with Gasteiger partial charge in [-0.25, -0.2) is 0 Å². The monoisotopic (exact) mass is 582 g/mol. The molecule has 0 saturated carbocycles. The Balaban J connectivity index is 1.48. The molecule has 0 atom stereocenters. The second kappa shape index (κ2) is 10.4. The molecule has 1 nitrogen and oxygen atoms in total. The van der Waals surface area contributed by atoms with Crippen molar-refractivity contribution in [3.05, 3.63) is 170 Å². The molecule has 9 aromatic rings. The number of rotatable bonds is 4. The van der Waals surface area contributed by atoms with Crippen LogP contribution in [-0.2, 0) is 0 Å². The first-order valence-corrected chi connectivity index (χ1v) is 14.6. The summed E-state index contributed by atoms with van der Waals surface area (Å²) in [6.07, 6.45) is 0. The molecule has 0 unspecified atom stereocenters. The summed E-state index contributed by atoms with van der Waals surface area (Å²) in [6, 6.07) is 30.9. The fourth-order valence-electron chi connectivity index (χ4n) is 6.49. The Hall–Kier alpha value is -5.92. The lowest BCUT2D eigenvalue weighted by molar-refractivity contribution is 0.669. The number of fused-ring (bicyclic) bond motifs is 5. The third kappa shape index (κ3) is 4.09. The van der Waals surface area contributed by atoms with Gasteiger partial charge in [0.1, 0.15) is 11.2 Å². The summed E-state index contributed by atoms with van der Waals surface area (Å²) in [5.41, 5.74) is 4.49. The lowest BCUT2D eigenvalue weighted by Gasteiger charge is -2.20. The smallest absolute Gasteiger partial charge is 0.136 e. The standard InChI is InChI=1S/C44H28O/c1-3-13-29(14-4-1)30-23-25-32(26-24-30)41-33-17-7-9-19-35(33)43(36-20-10-8-18-34(36)41)38-27-28-40-44(37-21-11-12-22-39(37)45-40)42(38)31-15-5-2-6-16-31/h1-28H/i2D,5D,6D,11D,12D,15D,21D,22D,27D,28D. The molecule has 0 aliphatic rings. The van der Waals surface area contributed by atoms with Crippen molar-refractivity contribution in [2.75, 3.05) is 0 Å². The van der Waals surface area contributed by atoms with E-state index in [1.807, 2.05) is 66.7 Å². The Morgan fingerprint density at radius 2 is 0.956 bits per heavy atom. The minimum Gasteiger partial charge on any atom is -0.456 e. The minimum absolute atomic E-state index is 0.00310. The zero-order valence-electron chi connectivity index (χ0n) is 33.8. The molecule has 8 aromatic carbocycles. The van der Waals surface area contributed by atoms with Gasteiger partial charge in [0.15, 0.2) is 0 Å². The van der Waals surface area contributed by atoms with Crippen molar-refractivity contribution in [3.8, 4) is 44.5 Å². The molecule has 0 bridgehead atoms. The van der Waals surface area contributed by atoms with Gasteiger partial charge >= 0.3 is 0 Å². The molecule has 0 spiro atoms. The van der Waals surface area contributed by atoms with E-state index < -0.39 is 42.3 Å². The van der Waals surface area contributed by atoms with Crippen molar-refractivity contribution >= 4 is 43.5 Å². The van der Waals surface area contributed by atoms with Gasteiger partial charge in [0, 0.05) is 16.3 Å². The van der Waals surface area contributed by atoms with Crippen molar-refractivity contribution in [1.29, 1.82) is 0 Å². The first kappa shape index (κ1) is 17.4. The van der Waals surface area contributed by atoms with Crippen LogP contribution in [0.2, 0.25) is 0 Å². The van der Waals surface area contributed by atoms with Crippen molar-refractivity contribution in [2.24, 2.45) is 0 Å². The predicted molar refractivity (Wildman–Crippen MR) is 190 cm³/mol. The summed E-state index contributed by atoms with van der Waals surface area (Å²) >= 11 is 0. The van der Waals surface area contributed by atoms with Crippen LogP contribution in [0.25, 0.3) is 88.0 Å². The zero-order valence-corrected chi connectivity index (χ0v) is 23.8. The average Bonchev–Trinajstić information content (AvgIpc) is 3.62. The lowest BCUT2D eigenvalue weighted by Crippen LogP contribution is -1.93. The zero-order chi connectivity index (χ0) is 38.4. The maximum Gasteiger partial charge on any atom is 0.136 e. The van der Waals surface area contributed by atoms with Gasteiger partial charge in [-0.05, 0) is 78.6 Å². The summed E-state index contributed by atoms with van der Waals surface area (Å²) in [7, 11) is 0. The maximum atomic E-state index is 9.66. The van der Waals surface area contributed by atoms with Crippen LogP contribution in [0.3, 0.4) is 0 Å². The third-order valence-corrected chi connectivity index (χ3v) is 8.42. The summed E-state index contributed by atoms with van der Waals surface area (Å²) in [5.74, 6) is 0. The Morgan fingerprint density at radius 3 is 1.69 bits per heavy atom. The van der Waals surface area contributed by atoms with Gasteiger partial charge in [0.05, 0.1) is 13.7 Å². The van der Waals surface area contributed by atoms with Gasteiger partial charge in [-0.3, -0.25) is 0 Å². The van der Waals surface area contributed by atoms with E-state index in [0.717, 1.165) is 33.0 Å². The van der Waals surface area contributed by atoms with E-state index in [0.29, 0.717) is 16.3 Å². The van der Waals surface area contributed by atoms with Gasteiger partial charge < -0.3 is 4.42 Å². The third-order valence-electron chi connectivity index (χ3n) is 8.42. The Labute approximate surface area is 275 Å². The van der Waals surface area contributed by atoms with Crippen LogP contribution < -0.4 is 0 Å². The largest absolute Gasteiger partial charge is 0.456 e. The van der Waals surface area contributed by atoms with E-state index in [4.69, 9.17) is 15.4 Å². The first-order valence-electron chi connectivity index (χ1n) is 19.6. The molecular weight excluding hydrogens is 544 g/mol. The maximum absolute atomic E-state index is 9.66. The normalized spacial score (nSPS) is 14.7. The number of hydrogen-bond acceptors (Lipinski definition) is 1. The molecule has 45 heavy (non-hydrogen) atoms. The highest BCUT2D eigenvalue weighted by atomic mass is 16.3. The van der Waals surface area contributed by atoms with Gasteiger partial charge in [0.2, 0.25) is 0 Å². The summed E-state index contributed by atoms with van der Waals surface area (Å²) < 4.78 is 94.3. The highest BCUT2D eigenvalue weighted by Crippen LogP contribution is 2.49. The van der Waals surface area contributed by atoms with Crippen LogP contribution in [0.15, 0.2) is 174 Å². The van der Waals surface area contributed by atoms with Gasteiger partial charge in [-0.15, -0.1) is 0 Å². The molecule has 0 N–H and O–H groups in total. The van der Waals surface area contributed by atoms with E-state index in [1.165, 1.54) is 6.07 Å². The van der Waals surface area contributed by atoms with Crippen molar-refractivity contribution in [3.63, 3.8) is 0 Å². The van der Waals surface area contributed by atoms with Crippen LogP contribution >= 0.6 is 0 Å². The molecule has 0 aliphatic carbocycles. The molecule has 9 rings (SSSR count). The molecule has 0 aliphatic heterocycles. The SMILES string of the molecule is [2H]c1cc(-c2c(-c3c4ccccc4c(-c4ccc(-c5ccccc5)cc4)c4ccccc34)c([2H])c([2H])c3oc4c([2H])c([2H])c([2H])c([2H])c4c23)c([2H])c([2H])c1[2H]. The van der Waals surface area contributed by atoms with Crippen molar-refractivity contribution < 1.29 is 18.1 Å². The van der Waals surface area contributed by atoms with Gasteiger partial charge in [-0.2, -0.15) is 0 Å². The number of para-hydroxylation sites is 1. The van der Waals surface area contributed by atoms with Gasteiger partial charge in [-0.1, -0.05) is 151 Å². The van der Waals surface area contributed by atoms with E-state index in [2.05, 4.69) is 36.4 Å². The van der Waals surface area contributed by atoms with Crippen LogP contribution in [0.4, 0.5) is 0 Å². The summed E-state index contributed by atoms with van der Waals surface area (Å²) in [5, 5.41) is 3.14. The van der Waals surface area contributed by atoms with Crippen LogP contribution in [0.5, 0.6) is 0 Å². The van der Waals surface area contributed by atoms with E-state index in [9.17, 15) is 2.74 Å². The highest BCUT2D eigenvalue weighted by Gasteiger charge is 2.22. The fraction of sp³-hybridized carbons (Fsp3) is 0. The second-order valence-electron chi connectivity index (χ2n) is 10.9. The molecule has 0 saturated heterocycles. The van der Waals surface area contributed by atoms with E-state index in [1.54, 1.807) is 0 Å². The van der Waals surface area contributed by atoms with Crippen LogP contribution in [0.1, 0.15) is 13.7 Å². The molecule has 0 amide bonds. The highest BCUT2D eigenvalue weighted by molar-refractivity contribution is 6.25. The summed E-state index contributed by atoms with van der Waals surface area (Å²) in [4.78, 5) is 0. The minimum atomic E-state index is -0.526. The van der Waals surface area contributed by atoms with Crippen LogP contribution in [-0.4, -0.2) is 0 Å². The molecule has 210 valence electrons. The quantitative estimate of drug-likeness (QED) is 0.188. The molecule has 0 radical (unpaired) electrons. The van der Waals surface area contributed by atoms with Crippen LogP contribution in [0, 0.1) is 0 Å². The number of hydrogen-bond donors (Lipinski definition) is 0. The second-order valence-corrected chi connectivity index (χ2v) is 10.9. The number of benzene rings is 8. The molecule has 0 fully saturated rings. The van der Waals surface area contributed by atoms with Crippen molar-refractivity contribution in [1.82, 2.24) is 0 Å². The molecule has 1 heteroatoms. The first-order chi connectivity index (χ1) is 26.5. The topological polar surface area (TPSA) is 13.1 Å². The number of furan rings is 1. The fourth-order valence-corrected chi connectivity index (χ4v) is 6.49.